The predicted octanol–water partition coefficient (Wildman–Crippen LogP) is 0.179. The van der Waals surface area contributed by atoms with Crippen molar-refractivity contribution < 1.29 is 4.79 Å². The number of para-hydroxylation sites is 1. The van der Waals surface area contributed by atoms with Gasteiger partial charge >= 0.3 is 5.69 Å². The number of benzene rings is 1. The normalized spacial score (nSPS) is 10.3. The van der Waals surface area contributed by atoms with Crippen LogP contribution in [0.2, 0.25) is 0 Å². The molecule has 0 radical (unpaired) electrons. The Morgan fingerprint density at radius 1 is 1.22 bits per heavy atom. The maximum absolute atomic E-state index is 11.8. The first-order valence-electron chi connectivity index (χ1n) is 7.39. The molecule has 1 heterocycles. The van der Waals surface area contributed by atoms with Gasteiger partial charge in [-0.1, -0.05) is 18.2 Å². The molecule has 0 spiro atoms. The quantitative estimate of drug-likeness (QED) is 0.713. The summed E-state index contributed by atoms with van der Waals surface area (Å²) in [5, 5.41) is 2.76. The number of anilines is 1. The summed E-state index contributed by atoms with van der Waals surface area (Å²) < 4.78 is 1.16. The Kier molecular flexibility index (Phi) is 5.74. The number of aromatic nitrogens is 2. The lowest BCUT2D eigenvalue weighted by atomic mass is 10.3. The van der Waals surface area contributed by atoms with Gasteiger partial charge in [0.15, 0.2) is 0 Å². The molecular formula is C16H20N4O3. The molecule has 0 saturated heterocycles. The maximum atomic E-state index is 11.8. The molecule has 1 amide bonds. The van der Waals surface area contributed by atoms with Gasteiger partial charge in [-0.2, -0.15) is 0 Å². The highest BCUT2D eigenvalue weighted by Crippen LogP contribution is 2.10. The number of hydrogen-bond acceptors (Lipinski definition) is 4. The molecule has 7 nitrogen and oxygen atoms in total. The largest absolute Gasteiger partial charge is 0.375 e. The van der Waals surface area contributed by atoms with E-state index in [-0.39, 0.29) is 12.5 Å². The first kappa shape index (κ1) is 16.5. The highest BCUT2D eigenvalue weighted by atomic mass is 16.2. The van der Waals surface area contributed by atoms with E-state index in [1.807, 2.05) is 37.4 Å². The summed E-state index contributed by atoms with van der Waals surface area (Å²) in [6.45, 7) is 1.22. The van der Waals surface area contributed by atoms with E-state index in [2.05, 4.69) is 15.2 Å². The van der Waals surface area contributed by atoms with E-state index in [1.165, 1.54) is 12.3 Å². The Labute approximate surface area is 133 Å². The van der Waals surface area contributed by atoms with E-state index in [0.717, 1.165) is 23.2 Å². The van der Waals surface area contributed by atoms with Crippen molar-refractivity contribution in [2.75, 3.05) is 25.0 Å². The summed E-state index contributed by atoms with van der Waals surface area (Å²) in [7, 11) is 2.00. The van der Waals surface area contributed by atoms with E-state index >= 15 is 0 Å². The van der Waals surface area contributed by atoms with Crippen LogP contribution in [0.15, 0.2) is 52.2 Å². The van der Waals surface area contributed by atoms with Gasteiger partial charge < -0.3 is 10.2 Å². The third-order valence-corrected chi connectivity index (χ3v) is 3.40. The van der Waals surface area contributed by atoms with E-state index < -0.39 is 11.2 Å². The number of H-pyrrole nitrogens is 1. The molecule has 0 atom stereocenters. The summed E-state index contributed by atoms with van der Waals surface area (Å²) in [5.41, 5.74) is 0.0608. The second-order valence-corrected chi connectivity index (χ2v) is 5.20. The zero-order chi connectivity index (χ0) is 16.7. The second kappa shape index (κ2) is 7.98. The van der Waals surface area contributed by atoms with Crippen LogP contribution in [0.5, 0.6) is 0 Å². The lowest BCUT2D eigenvalue weighted by molar-refractivity contribution is -0.121. The van der Waals surface area contributed by atoms with Crippen LogP contribution in [0, 0.1) is 0 Å². The fraction of sp³-hybridized carbons (Fsp3) is 0.312. The molecule has 23 heavy (non-hydrogen) atoms. The molecule has 7 heteroatoms. The Morgan fingerprint density at radius 3 is 2.65 bits per heavy atom. The van der Waals surface area contributed by atoms with Crippen molar-refractivity contribution in [1.29, 1.82) is 0 Å². The van der Waals surface area contributed by atoms with Crippen LogP contribution in [-0.2, 0) is 11.3 Å². The summed E-state index contributed by atoms with van der Waals surface area (Å²) in [6.07, 6.45) is 2.10. The molecule has 0 aliphatic heterocycles. The Morgan fingerprint density at radius 2 is 1.96 bits per heavy atom. The van der Waals surface area contributed by atoms with Crippen molar-refractivity contribution in [1.82, 2.24) is 14.9 Å². The second-order valence-electron chi connectivity index (χ2n) is 5.20. The molecule has 0 fully saturated rings. The van der Waals surface area contributed by atoms with Crippen molar-refractivity contribution >= 4 is 11.6 Å². The SMILES string of the molecule is CN(CCCNC(=O)Cn1ccc(=O)[nH]c1=O)c1ccccc1. The minimum Gasteiger partial charge on any atom is -0.375 e. The smallest absolute Gasteiger partial charge is 0.328 e. The molecule has 0 bridgehead atoms. The van der Waals surface area contributed by atoms with Crippen molar-refractivity contribution in [3.63, 3.8) is 0 Å². The minimum atomic E-state index is -0.587. The van der Waals surface area contributed by atoms with Crippen LogP contribution in [0.3, 0.4) is 0 Å². The van der Waals surface area contributed by atoms with Crippen LogP contribution in [0.4, 0.5) is 5.69 Å². The molecule has 1 aromatic heterocycles. The van der Waals surface area contributed by atoms with Gasteiger partial charge in [0, 0.05) is 38.1 Å². The lowest BCUT2D eigenvalue weighted by Crippen LogP contribution is -2.36. The van der Waals surface area contributed by atoms with Crippen molar-refractivity contribution in [3.8, 4) is 0 Å². The van der Waals surface area contributed by atoms with Crippen LogP contribution < -0.4 is 21.5 Å². The highest BCUT2D eigenvalue weighted by Gasteiger charge is 2.05. The zero-order valence-electron chi connectivity index (χ0n) is 13.0. The van der Waals surface area contributed by atoms with E-state index in [1.54, 1.807) is 0 Å². The third kappa shape index (κ3) is 5.14. The predicted molar refractivity (Wildman–Crippen MR) is 88.7 cm³/mol. The maximum Gasteiger partial charge on any atom is 0.328 e. The fourth-order valence-corrected chi connectivity index (χ4v) is 2.13. The molecule has 0 aliphatic carbocycles. The highest BCUT2D eigenvalue weighted by molar-refractivity contribution is 5.75. The van der Waals surface area contributed by atoms with Crippen LogP contribution in [0.25, 0.3) is 0 Å². The Balaban J connectivity index is 1.73. The zero-order valence-corrected chi connectivity index (χ0v) is 13.0. The molecule has 0 aliphatic rings. The molecule has 2 aromatic rings. The molecule has 0 saturated carbocycles. The topological polar surface area (TPSA) is 87.2 Å². The first-order valence-corrected chi connectivity index (χ1v) is 7.39. The van der Waals surface area contributed by atoms with Gasteiger partial charge in [0.2, 0.25) is 5.91 Å². The summed E-state index contributed by atoms with van der Waals surface area (Å²) in [5.74, 6) is -0.262. The minimum absolute atomic E-state index is 0.107. The van der Waals surface area contributed by atoms with Crippen LogP contribution in [-0.4, -0.2) is 35.6 Å². The van der Waals surface area contributed by atoms with E-state index in [0.29, 0.717) is 6.54 Å². The first-order chi connectivity index (χ1) is 11.1. The fourth-order valence-electron chi connectivity index (χ4n) is 2.13. The third-order valence-electron chi connectivity index (χ3n) is 3.40. The number of rotatable bonds is 7. The number of aromatic amines is 1. The number of carbonyl (C=O) groups excluding carboxylic acids is 1. The standard InChI is InChI=1S/C16H20N4O3/c1-19(13-6-3-2-4-7-13)10-5-9-17-15(22)12-20-11-8-14(21)18-16(20)23/h2-4,6-8,11H,5,9-10,12H2,1H3,(H,17,22)(H,18,21,23). The number of nitrogens with zero attached hydrogens (tertiary/aromatic N) is 2. The van der Waals surface area contributed by atoms with Crippen LogP contribution in [0.1, 0.15) is 6.42 Å². The number of nitrogens with one attached hydrogen (secondary N) is 2. The van der Waals surface area contributed by atoms with Gasteiger partial charge in [0.1, 0.15) is 6.54 Å². The van der Waals surface area contributed by atoms with Gasteiger partial charge in [0.25, 0.3) is 5.56 Å². The van der Waals surface area contributed by atoms with E-state index in [4.69, 9.17) is 0 Å². The van der Waals surface area contributed by atoms with Gasteiger partial charge in [-0.25, -0.2) is 4.79 Å². The summed E-state index contributed by atoms with van der Waals surface area (Å²) in [6, 6.07) is 11.2. The van der Waals surface area contributed by atoms with Gasteiger partial charge in [-0.15, -0.1) is 0 Å². The molecule has 122 valence electrons. The average Bonchev–Trinajstić information content (AvgIpc) is 2.55. The molecular weight excluding hydrogens is 296 g/mol. The van der Waals surface area contributed by atoms with Crippen molar-refractivity contribution in [2.24, 2.45) is 0 Å². The van der Waals surface area contributed by atoms with Gasteiger partial charge in [-0.05, 0) is 18.6 Å². The monoisotopic (exact) mass is 316 g/mol. The average molecular weight is 316 g/mol. The van der Waals surface area contributed by atoms with E-state index in [9.17, 15) is 14.4 Å². The number of amides is 1. The van der Waals surface area contributed by atoms with Crippen LogP contribution >= 0.6 is 0 Å². The van der Waals surface area contributed by atoms with Crippen molar-refractivity contribution in [3.05, 3.63) is 63.4 Å². The molecule has 1 aromatic carbocycles. The lowest BCUT2D eigenvalue weighted by Gasteiger charge is -2.19. The molecule has 2 N–H and O–H groups in total. The molecule has 0 unspecified atom stereocenters. The van der Waals surface area contributed by atoms with Gasteiger partial charge in [0.05, 0.1) is 0 Å². The number of carbonyl (C=O) groups is 1. The summed E-state index contributed by atoms with van der Waals surface area (Å²) >= 11 is 0. The number of hydrogen-bond donors (Lipinski definition) is 2. The van der Waals surface area contributed by atoms with Gasteiger partial charge in [-0.3, -0.25) is 19.1 Å². The Hall–Kier alpha value is -2.83. The molecule has 2 rings (SSSR count). The summed E-state index contributed by atoms with van der Waals surface area (Å²) in [4.78, 5) is 38.4. The Bertz CT molecular complexity index is 752. The van der Waals surface area contributed by atoms with Crippen molar-refractivity contribution in [2.45, 2.75) is 13.0 Å².